The maximum Gasteiger partial charge on any atom is 0.490 e. The normalized spacial score (nSPS) is 10.8. The van der Waals surface area contributed by atoms with E-state index in [1.165, 1.54) is 44.7 Å². The van der Waals surface area contributed by atoms with Crippen LogP contribution >= 0.6 is 0 Å². The number of nitrogens with one attached hydrogen (secondary N) is 1. The summed E-state index contributed by atoms with van der Waals surface area (Å²) >= 11 is 0. The standard InChI is InChI=1S/C30H21F2N5O6.C2HF3O2/c1-4-13-36-30(40)37(19-8-5-17(31)6-9-19)29(39)27(35-36)28(38)34-18-7-10-24(21(32)14-18)43-23-11-12-33-22-16-26(42-3)25(41-2)15-20(22)23;3-2(4,5)1(6)7/h1,5-12,14-16H,13H2,2-3H3,(H,34,38);(H,6,7). The fourth-order valence-corrected chi connectivity index (χ4v) is 4.17. The van der Waals surface area contributed by atoms with E-state index in [1.54, 1.807) is 18.2 Å². The lowest BCUT2D eigenvalue weighted by Crippen LogP contribution is -2.44. The van der Waals surface area contributed by atoms with Gasteiger partial charge in [0.15, 0.2) is 23.1 Å². The van der Waals surface area contributed by atoms with Crippen molar-refractivity contribution in [3.05, 3.63) is 105 Å². The Morgan fingerprint density at radius 2 is 1.58 bits per heavy atom. The first-order chi connectivity index (χ1) is 23.7. The van der Waals surface area contributed by atoms with Crippen LogP contribution in [0.4, 0.5) is 27.6 Å². The van der Waals surface area contributed by atoms with Crippen molar-refractivity contribution in [3.8, 4) is 41.0 Å². The molecule has 258 valence electrons. The molecule has 5 aromatic rings. The first-order valence-corrected chi connectivity index (χ1v) is 13.7. The number of nitrogens with zero attached hydrogens (tertiary/aromatic N) is 4. The van der Waals surface area contributed by atoms with E-state index in [0.29, 0.717) is 27.0 Å². The number of amides is 1. The van der Waals surface area contributed by atoms with Crippen LogP contribution in [0.3, 0.4) is 0 Å². The fraction of sp³-hybridized carbons (Fsp3) is 0.125. The van der Waals surface area contributed by atoms with Crippen LogP contribution in [0.5, 0.6) is 23.0 Å². The Hall–Kier alpha value is -6.77. The lowest BCUT2D eigenvalue weighted by molar-refractivity contribution is -0.192. The minimum Gasteiger partial charge on any atom is -0.493 e. The minimum absolute atomic E-state index is 0.00846. The highest BCUT2D eigenvalue weighted by Crippen LogP contribution is 2.37. The summed E-state index contributed by atoms with van der Waals surface area (Å²) in [7, 11) is 2.97. The van der Waals surface area contributed by atoms with E-state index >= 15 is 4.39 Å². The Balaban J connectivity index is 0.000000727. The molecule has 13 nitrogen and oxygen atoms in total. The molecular weight excluding hydrogens is 677 g/mol. The largest absolute Gasteiger partial charge is 0.493 e. The van der Waals surface area contributed by atoms with E-state index in [1.807, 2.05) is 0 Å². The number of pyridine rings is 1. The van der Waals surface area contributed by atoms with E-state index in [4.69, 9.17) is 30.5 Å². The molecule has 50 heavy (non-hydrogen) atoms. The number of carboxylic acids is 1. The van der Waals surface area contributed by atoms with Crippen LogP contribution in [0.25, 0.3) is 16.6 Å². The number of carbonyl (C=O) groups excluding carboxylic acids is 1. The van der Waals surface area contributed by atoms with Crippen LogP contribution in [0.1, 0.15) is 10.5 Å². The van der Waals surface area contributed by atoms with Crippen molar-refractivity contribution in [1.29, 1.82) is 0 Å². The number of carboxylic acid groups (broad SMARTS) is 1. The molecule has 0 radical (unpaired) electrons. The molecule has 0 fully saturated rings. The van der Waals surface area contributed by atoms with Crippen LogP contribution in [0.15, 0.2) is 76.4 Å². The number of benzene rings is 3. The third kappa shape index (κ3) is 8.02. The SMILES string of the molecule is C#CCn1nc(C(=O)Nc2ccc(Oc3ccnc4cc(OC)c(OC)cc34)c(F)c2)c(=O)n(-c2ccc(F)cc2)c1=O.O=C(O)C(F)(F)F. The van der Waals surface area contributed by atoms with Crippen LogP contribution < -0.4 is 30.8 Å². The molecule has 0 aliphatic carbocycles. The molecule has 0 atom stereocenters. The van der Waals surface area contributed by atoms with E-state index < -0.39 is 46.6 Å². The van der Waals surface area contributed by atoms with Crippen molar-refractivity contribution in [3.63, 3.8) is 0 Å². The summed E-state index contributed by atoms with van der Waals surface area (Å²) in [4.78, 5) is 52.3. The Bertz CT molecular complexity index is 2250. The number of aliphatic carboxylic acids is 1. The highest BCUT2D eigenvalue weighted by atomic mass is 19.4. The molecule has 2 heterocycles. The van der Waals surface area contributed by atoms with Crippen LogP contribution in [0, 0.1) is 24.0 Å². The number of aromatic nitrogens is 4. The van der Waals surface area contributed by atoms with Gasteiger partial charge in [0.2, 0.25) is 5.69 Å². The predicted molar refractivity (Wildman–Crippen MR) is 166 cm³/mol. The van der Waals surface area contributed by atoms with Crippen LogP contribution in [0.2, 0.25) is 0 Å². The number of alkyl halides is 3. The third-order valence-corrected chi connectivity index (χ3v) is 6.44. The lowest BCUT2D eigenvalue weighted by Gasteiger charge is -2.13. The zero-order chi connectivity index (χ0) is 36.7. The van der Waals surface area contributed by atoms with Gasteiger partial charge in [0.05, 0.1) is 25.4 Å². The number of rotatable bonds is 8. The number of methoxy groups -OCH3 is 2. The Labute approximate surface area is 277 Å². The number of hydrogen-bond acceptors (Lipinski definition) is 9. The van der Waals surface area contributed by atoms with Gasteiger partial charge in [-0.3, -0.25) is 14.6 Å². The summed E-state index contributed by atoms with van der Waals surface area (Å²) in [6, 6.07) is 12.9. The first-order valence-electron chi connectivity index (χ1n) is 13.7. The molecule has 2 aromatic heterocycles. The molecule has 0 saturated carbocycles. The van der Waals surface area contributed by atoms with Gasteiger partial charge in [-0.1, -0.05) is 5.92 Å². The fourth-order valence-electron chi connectivity index (χ4n) is 4.17. The third-order valence-electron chi connectivity index (χ3n) is 6.44. The maximum absolute atomic E-state index is 15.2. The van der Waals surface area contributed by atoms with E-state index in [0.717, 1.165) is 22.9 Å². The number of carbonyl (C=O) groups is 2. The van der Waals surface area contributed by atoms with Crippen molar-refractivity contribution in [1.82, 2.24) is 19.3 Å². The van der Waals surface area contributed by atoms with Gasteiger partial charge in [0.1, 0.15) is 18.1 Å². The summed E-state index contributed by atoms with van der Waals surface area (Å²) in [5, 5.41) is 13.9. The topological polar surface area (TPSA) is 164 Å². The summed E-state index contributed by atoms with van der Waals surface area (Å²) in [5.74, 6) is -2.02. The molecule has 0 saturated heterocycles. The zero-order valence-electron chi connectivity index (χ0n) is 25.6. The number of anilines is 1. The molecular formula is C32H22F5N5O8. The molecule has 18 heteroatoms. The second-order valence-electron chi connectivity index (χ2n) is 9.65. The van der Waals surface area contributed by atoms with Crippen LogP contribution in [-0.4, -0.2) is 56.7 Å². The van der Waals surface area contributed by atoms with Crippen molar-refractivity contribution in [2.75, 3.05) is 19.5 Å². The molecule has 3 aromatic carbocycles. The second kappa shape index (κ2) is 15.0. The van der Waals surface area contributed by atoms with E-state index in [9.17, 15) is 31.9 Å². The molecule has 0 aliphatic rings. The molecule has 0 bridgehead atoms. The molecule has 2 N–H and O–H groups in total. The number of fused-ring (bicyclic) bond motifs is 1. The maximum atomic E-state index is 15.2. The predicted octanol–water partition coefficient (Wildman–Crippen LogP) is 4.55. The van der Waals surface area contributed by atoms with Crippen molar-refractivity contribution < 1.29 is 50.9 Å². The van der Waals surface area contributed by atoms with Crippen LogP contribution in [-0.2, 0) is 11.3 Å². The molecule has 0 spiro atoms. The first kappa shape index (κ1) is 36.1. The van der Waals surface area contributed by atoms with Crippen molar-refractivity contribution in [2.45, 2.75) is 12.7 Å². The Morgan fingerprint density at radius 1 is 0.940 bits per heavy atom. The molecule has 0 aliphatic heterocycles. The number of ether oxygens (including phenoxy) is 3. The Kier molecular flexibility index (Phi) is 10.8. The lowest BCUT2D eigenvalue weighted by atomic mass is 10.2. The van der Waals surface area contributed by atoms with Gasteiger partial charge in [0, 0.05) is 29.4 Å². The monoisotopic (exact) mass is 699 g/mol. The molecule has 5 rings (SSSR count). The quantitative estimate of drug-likeness (QED) is 0.174. The summed E-state index contributed by atoms with van der Waals surface area (Å²) in [5.41, 5.74) is -2.24. The van der Waals surface area contributed by atoms with Crippen molar-refractivity contribution >= 4 is 28.5 Å². The zero-order valence-corrected chi connectivity index (χ0v) is 25.6. The summed E-state index contributed by atoms with van der Waals surface area (Å²) < 4.78 is 78.2. The summed E-state index contributed by atoms with van der Waals surface area (Å²) in [6.45, 7) is -0.358. The Morgan fingerprint density at radius 3 is 2.16 bits per heavy atom. The average Bonchev–Trinajstić information content (AvgIpc) is 3.07. The molecule has 1 amide bonds. The number of terminal acetylenes is 1. The van der Waals surface area contributed by atoms with Gasteiger partial charge in [-0.15, -0.1) is 6.42 Å². The van der Waals surface area contributed by atoms with Gasteiger partial charge < -0.3 is 24.6 Å². The number of halogens is 5. The number of hydrogen-bond donors (Lipinski definition) is 2. The minimum atomic E-state index is -5.08. The van der Waals surface area contributed by atoms with Gasteiger partial charge in [-0.25, -0.2) is 27.6 Å². The van der Waals surface area contributed by atoms with Gasteiger partial charge in [0.25, 0.3) is 11.5 Å². The van der Waals surface area contributed by atoms with E-state index in [-0.39, 0.29) is 29.4 Å². The van der Waals surface area contributed by atoms with Crippen molar-refractivity contribution in [2.24, 2.45) is 0 Å². The average molecular weight is 700 g/mol. The highest BCUT2D eigenvalue weighted by molar-refractivity contribution is 6.02. The second-order valence-corrected chi connectivity index (χ2v) is 9.65. The van der Waals surface area contributed by atoms with Gasteiger partial charge in [-0.05, 0) is 48.5 Å². The molecule has 0 unspecified atom stereocenters. The smallest absolute Gasteiger partial charge is 0.490 e. The summed E-state index contributed by atoms with van der Waals surface area (Å²) in [6.07, 6.45) is 1.72. The van der Waals surface area contributed by atoms with Gasteiger partial charge >= 0.3 is 17.8 Å². The van der Waals surface area contributed by atoms with E-state index in [2.05, 4.69) is 21.3 Å². The highest BCUT2D eigenvalue weighted by Gasteiger charge is 2.38. The van der Waals surface area contributed by atoms with Gasteiger partial charge in [-0.2, -0.15) is 18.3 Å².